The van der Waals surface area contributed by atoms with Crippen molar-refractivity contribution in [2.45, 2.75) is 50.7 Å². The first kappa shape index (κ1) is 36.5. The van der Waals surface area contributed by atoms with Gasteiger partial charge in [-0.15, -0.1) is 19.8 Å². The molecule has 2 amide bonds. The lowest BCUT2D eigenvalue weighted by Crippen LogP contribution is -2.26. The van der Waals surface area contributed by atoms with Crippen molar-refractivity contribution in [2.75, 3.05) is 30.5 Å². The number of halogens is 8. The average Bonchev–Trinajstić information content (AvgIpc) is 3.18. The summed E-state index contributed by atoms with van der Waals surface area (Å²) in [5.41, 5.74) is 4.92. The summed E-state index contributed by atoms with van der Waals surface area (Å²) in [6.45, 7) is 0.735. The zero-order valence-electron chi connectivity index (χ0n) is 23.0. The van der Waals surface area contributed by atoms with Gasteiger partial charge in [-0.1, -0.05) is 12.1 Å². The van der Waals surface area contributed by atoms with Gasteiger partial charge in [0, 0.05) is 31.6 Å². The minimum atomic E-state index is -4.94. The summed E-state index contributed by atoms with van der Waals surface area (Å²) in [5.74, 6) is -5.04. The summed E-state index contributed by atoms with van der Waals surface area (Å²) in [4.78, 5) is 24.9. The van der Waals surface area contributed by atoms with Gasteiger partial charge in [0.25, 0.3) is 5.91 Å². The molecule has 2 aromatic rings. The Hall–Kier alpha value is -3.74. The van der Waals surface area contributed by atoms with E-state index >= 15 is 0 Å². The molecule has 0 saturated heterocycles. The lowest BCUT2D eigenvalue weighted by molar-refractivity contribution is -0.324. The first-order chi connectivity index (χ1) is 20.2. The van der Waals surface area contributed by atoms with E-state index in [0.717, 1.165) is 23.1 Å². The Labute approximate surface area is 246 Å². The number of ether oxygens (including phenoxy) is 2. The van der Waals surface area contributed by atoms with Crippen molar-refractivity contribution in [1.82, 2.24) is 9.78 Å². The normalized spacial score (nSPS) is 13.1. The van der Waals surface area contributed by atoms with Crippen LogP contribution in [0.4, 0.5) is 40.9 Å². The number of nitrogens with one attached hydrogen (secondary N) is 1. The molecule has 0 aliphatic rings. The maximum Gasteiger partial charge on any atom is 0.522 e. The number of carbonyl (C=O) groups excluding carboxylic acids is 2. The molecule has 2 rings (SSSR count). The molecule has 0 radical (unpaired) electrons. The third-order valence-corrected chi connectivity index (χ3v) is 6.48. The van der Waals surface area contributed by atoms with Crippen LogP contribution in [0.5, 0.6) is 5.75 Å². The maximum absolute atomic E-state index is 13.4. The largest absolute Gasteiger partial charge is 0.522 e. The fourth-order valence-electron chi connectivity index (χ4n) is 4.08. The molecule has 0 aliphatic carbocycles. The molecule has 0 saturated carbocycles. The molecule has 1 aromatic heterocycles. The van der Waals surface area contributed by atoms with Gasteiger partial charge in [0.2, 0.25) is 12.3 Å². The minimum absolute atomic E-state index is 0.115. The average molecular weight is 665 g/mol. The van der Waals surface area contributed by atoms with Crippen LogP contribution >= 0.6 is 0 Å². The molecule has 10 nitrogen and oxygen atoms in total. The Kier molecular flexibility index (Phi) is 12.3. The summed E-state index contributed by atoms with van der Waals surface area (Å²) in [5, 5.41) is 6.34. The molecule has 246 valence electrons. The van der Waals surface area contributed by atoms with Crippen LogP contribution in [0.15, 0.2) is 30.9 Å². The molecule has 1 atom stereocenters. The zero-order valence-corrected chi connectivity index (χ0v) is 23.8. The molecule has 44 heavy (non-hydrogen) atoms. The van der Waals surface area contributed by atoms with E-state index in [1.165, 1.54) is 12.1 Å². The van der Waals surface area contributed by atoms with E-state index in [4.69, 9.17) is 5.73 Å². The number of sulfone groups is 1. The molecule has 1 aromatic carbocycles. The van der Waals surface area contributed by atoms with E-state index in [9.17, 15) is 53.1 Å². The lowest BCUT2D eigenvalue weighted by atomic mass is 9.88. The molecule has 19 heteroatoms. The first-order valence-corrected chi connectivity index (χ1v) is 14.6. The number of alkyl halides is 8. The molecule has 1 unspecified atom stereocenters. The number of allylic oxidation sites excluding steroid dienone is 1. The Morgan fingerprint density at radius 1 is 1.16 bits per heavy atom. The number of aromatic nitrogens is 2. The third-order valence-electron chi connectivity index (χ3n) is 5.69. The number of aryl methyl sites for hydroxylation is 1. The highest BCUT2D eigenvalue weighted by Gasteiger charge is 2.31. The Morgan fingerprint density at radius 2 is 1.82 bits per heavy atom. The topological polar surface area (TPSA) is 143 Å². The second-order valence-corrected chi connectivity index (χ2v) is 11.6. The molecule has 0 bridgehead atoms. The lowest BCUT2D eigenvalue weighted by Gasteiger charge is -2.19. The van der Waals surface area contributed by atoms with Gasteiger partial charge in [-0.25, -0.2) is 21.9 Å². The third kappa shape index (κ3) is 12.1. The van der Waals surface area contributed by atoms with Crippen molar-refractivity contribution in [2.24, 2.45) is 5.73 Å². The van der Waals surface area contributed by atoms with Gasteiger partial charge in [-0.3, -0.25) is 14.3 Å². The zero-order chi connectivity index (χ0) is 33.5. The summed E-state index contributed by atoms with van der Waals surface area (Å²) in [6, 6.07) is 3.33. The van der Waals surface area contributed by atoms with Crippen LogP contribution in [0.2, 0.25) is 0 Å². The fourth-order valence-corrected chi connectivity index (χ4v) is 4.63. The van der Waals surface area contributed by atoms with Gasteiger partial charge in [0.15, 0.2) is 16.4 Å². The Balaban J connectivity index is 2.53. The van der Waals surface area contributed by atoms with Crippen molar-refractivity contribution in [3.63, 3.8) is 0 Å². The second-order valence-electron chi connectivity index (χ2n) is 9.43. The second kappa shape index (κ2) is 14.8. The van der Waals surface area contributed by atoms with Gasteiger partial charge in [0.1, 0.15) is 22.9 Å². The molecule has 0 spiro atoms. The van der Waals surface area contributed by atoms with Crippen molar-refractivity contribution < 1.29 is 62.6 Å². The van der Waals surface area contributed by atoms with Crippen LogP contribution in [0, 0.1) is 0 Å². The highest BCUT2D eigenvalue weighted by Crippen LogP contribution is 2.33. The summed E-state index contributed by atoms with van der Waals surface area (Å²) < 4.78 is 134. The highest BCUT2D eigenvalue weighted by molar-refractivity contribution is 7.91. The molecule has 0 fully saturated rings. The van der Waals surface area contributed by atoms with E-state index in [1.807, 2.05) is 0 Å². The van der Waals surface area contributed by atoms with E-state index in [0.29, 0.717) is 0 Å². The number of hydrogen-bond donors (Lipinski definition) is 2. The van der Waals surface area contributed by atoms with Crippen molar-refractivity contribution in [3.8, 4) is 5.75 Å². The van der Waals surface area contributed by atoms with Crippen LogP contribution in [-0.2, 0) is 38.8 Å². The molecular formula is C25H28F8N4O6S. The van der Waals surface area contributed by atoms with Gasteiger partial charge in [0.05, 0.1) is 12.3 Å². The van der Waals surface area contributed by atoms with Crippen molar-refractivity contribution in [1.29, 1.82) is 0 Å². The summed E-state index contributed by atoms with van der Waals surface area (Å²) in [7, 11) is -3.86. The maximum atomic E-state index is 13.4. The van der Waals surface area contributed by atoms with Crippen molar-refractivity contribution >= 4 is 27.5 Å². The van der Waals surface area contributed by atoms with Gasteiger partial charge < -0.3 is 15.8 Å². The molecule has 3 N–H and O–H groups in total. The predicted molar refractivity (Wildman–Crippen MR) is 140 cm³/mol. The van der Waals surface area contributed by atoms with E-state index in [2.05, 4.69) is 26.5 Å². The number of nitrogens with zero attached hydrogens (tertiary/aromatic N) is 2. The predicted octanol–water partition coefficient (Wildman–Crippen LogP) is 4.15. The van der Waals surface area contributed by atoms with Crippen LogP contribution < -0.4 is 15.8 Å². The molecular weight excluding hydrogens is 636 g/mol. The Bertz CT molecular complexity index is 1440. The number of nitrogens with two attached hydrogens (primary N) is 1. The van der Waals surface area contributed by atoms with Crippen LogP contribution in [0.3, 0.4) is 0 Å². The van der Waals surface area contributed by atoms with E-state index < -0.39 is 83.3 Å². The van der Waals surface area contributed by atoms with E-state index in [-0.39, 0.29) is 42.0 Å². The number of anilines is 1. The smallest absolute Gasteiger partial charge is 0.484 e. The molecule has 0 aliphatic heterocycles. The monoisotopic (exact) mass is 664 g/mol. The number of rotatable bonds is 16. The summed E-state index contributed by atoms with van der Waals surface area (Å²) >= 11 is 0. The highest BCUT2D eigenvalue weighted by atomic mass is 32.2. The van der Waals surface area contributed by atoms with Gasteiger partial charge in [-0.2, -0.15) is 18.3 Å². The quantitative estimate of drug-likeness (QED) is 0.156. The number of amides is 2. The number of primary amides is 1. The molecule has 1 heterocycles. The number of hydrogen-bond acceptors (Lipinski definition) is 7. The van der Waals surface area contributed by atoms with Gasteiger partial charge in [-0.05, 0) is 29.7 Å². The van der Waals surface area contributed by atoms with Crippen LogP contribution in [0.25, 0.3) is 0 Å². The SMILES string of the molecule is C=CC(Cc1nn(CCCOC(F)(F)F)c(NC(=O)CS(C)(=O)=O)c1C(N)=O)c1ccc(OCC(F)(F)F)cc1CC(F)F. The fraction of sp³-hybridized carbons (Fsp3) is 0.480. The standard InChI is InChI=1S/C25H28F8N4O6S/c1-3-14(17-6-5-16(42-13-24(28,29)30)9-15(17)11-19(26)27)10-18-21(22(34)39)23(35-20(38)12-44(2,40)41)37(36-18)7-4-8-43-25(31,32)33/h3,5-6,9,14,19H,1,4,7-8,10-13H2,2H3,(H2,34,39)(H,35,38). The summed E-state index contributed by atoms with van der Waals surface area (Å²) in [6.07, 6.45) is -12.1. The Morgan fingerprint density at radius 3 is 2.34 bits per heavy atom. The first-order valence-electron chi connectivity index (χ1n) is 12.5. The van der Waals surface area contributed by atoms with Crippen LogP contribution in [0.1, 0.15) is 39.5 Å². The van der Waals surface area contributed by atoms with Gasteiger partial charge >= 0.3 is 12.5 Å². The number of carbonyl (C=O) groups is 2. The van der Waals surface area contributed by atoms with E-state index in [1.54, 1.807) is 0 Å². The van der Waals surface area contributed by atoms with Crippen LogP contribution in [-0.4, -0.2) is 74.2 Å². The number of benzene rings is 1. The minimum Gasteiger partial charge on any atom is -0.484 e. The van der Waals surface area contributed by atoms with Crippen molar-refractivity contribution in [3.05, 3.63) is 53.2 Å².